The van der Waals surface area contributed by atoms with Crippen LogP contribution in [-0.2, 0) is 5.41 Å². The van der Waals surface area contributed by atoms with Crippen LogP contribution in [0, 0.1) is 5.82 Å². The van der Waals surface area contributed by atoms with Crippen LogP contribution in [0.1, 0.15) is 25.8 Å². The molecule has 1 rings (SSSR count). The fourth-order valence-corrected chi connectivity index (χ4v) is 2.01. The van der Waals surface area contributed by atoms with Gasteiger partial charge in [-0.15, -0.1) is 0 Å². The molecule has 0 amide bonds. The van der Waals surface area contributed by atoms with Gasteiger partial charge in [-0.1, -0.05) is 29.8 Å². The highest BCUT2D eigenvalue weighted by Crippen LogP contribution is 2.32. The Morgan fingerprint density at radius 1 is 1.44 bits per heavy atom. The summed E-state index contributed by atoms with van der Waals surface area (Å²) in [4.78, 5) is 0. The molecule has 0 fully saturated rings. The van der Waals surface area contributed by atoms with Crippen LogP contribution in [0.15, 0.2) is 22.7 Å². The number of rotatable bonds is 4. The Bertz CT molecular complexity index is 366. The zero-order valence-corrected chi connectivity index (χ0v) is 11.0. The minimum absolute atomic E-state index is 0.111. The summed E-state index contributed by atoms with van der Waals surface area (Å²) >= 11 is 3.28. The van der Waals surface area contributed by atoms with E-state index >= 15 is 0 Å². The molecule has 16 heavy (non-hydrogen) atoms. The third-order valence-electron chi connectivity index (χ3n) is 2.86. The fourth-order valence-electron chi connectivity index (χ4n) is 1.65. The Kier molecular flexibility index (Phi) is 4.47. The number of halogens is 2. The van der Waals surface area contributed by atoms with Gasteiger partial charge in [-0.25, -0.2) is 4.39 Å². The summed E-state index contributed by atoms with van der Waals surface area (Å²) < 4.78 is 14.4. The molecule has 2 nitrogen and oxygen atoms in total. The van der Waals surface area contributed by atoms with E-state index in [0.717, 1.165) is 4.47 Å². The zero-order chi connectivity index (χ0) is 12.3. The van der Waals surface area contributed by atoms with Gasteiger partial charge < -0.3 is 10.2 Å². The third kappa shape index (κ3) is 2.81. The van der Waals surface area contributed by atoms with Gasteiger partial charge in [0, 0.05) is 16.5 Å². The second-order valence-electron chi connectivity index (χ2n) is 4.37. The largest absolute Gasteiger partial charge is 0.396 e. The van der Waals surface area contributed by atoms with E-state index in [9.17, 15) is 9.50 Å². The molecule has 1 aromatic carbocycles. The minimum atomic E-state index is -0.777. The Balaban J connectivity index is 3.10. The molecule has 0 aliphatic heterocycles. The number of benzene rings is 1. The van der Waals surface area contributed by atoms with Gasteiger partial charge in [-0.3, -0.25) is 0 Å². The topological polar surface area (TPSA) is 40.5 Å². The van der Waals surface area contributed by atoms with Crippen molar-refractivity contribution in [3.05, 3.63) is 34.1 Å². The summed E-state index contributed by atoms with van der Waals surface area (Å²) in [5.74, 6) is -0.342. The summed E-state index contributed by atoms with van der Waals surface area (Å²) in [7, 11) is 0. The normalized spacial score (nSPS) is 13.9. The first-order chi connectivity index (χ1) is 7.39. The molecular formula is C12H16BrFO2. The first kappa shape index (κ1) is 13.6. The highest BCUT2D eigenvalue weighted by atomic mass is 79.9. The molecule has 1 unspecified atom stereocenters. The second kappa shape index (κ2) is 5.25. The molecule has 0 heterocycles. The lowest BCUT2D eigenvalue weighted by molar-refractivity contribution is 0.0702. The summed E-state index contributed by atoms with van der Waals surface area (Å²) in [6.45, 7) is 3.41. The van der Waals surface area contributed by atoms with Gasteiger partial charge in [0.15, 0.2) is 0 Å². The van der Waals surface area contributed by atoms with Gasteiger partial charge in [0.05, 0.1) is 6.10 Å². The molecule has 0 spiro atoms. The van der Waals surface area contributed by atoms with E-state index in [0.29, 0.717) is 5.56 Å². The average molecular weight is 291 g/mol. The lowest BCUT2D eigenvalue weighted by Crippen LogP contribution is -2.35. The Labute approximate surface area is 103 Å². The number of aliphatic hydroxyl groups is 2. The van der Waals surface area contributed by atoms with Crippen LogP contribution in [0.25, 0.3) is 0 Å². The Morgan fingerprint density at radius 2 is 2.06 bits per heavy atom. The molecule has 0 bridgehead atoms. The van der Waals surface area contributed by atoms with Crippen molar-refractivity contribution in [2.75, 3.05) is 6.61 Å². The lowest BCUT2D eigenvalue weighted by Gasteiger charge is -2.31. The van der Waals surface area contributed by atoms with E-state index in [-0.39, 0.29) is 18.8 Å². The fraction of sp³-hybridized carbons (Fsp3) is 0.500. The molecule has 0 aromatic heterocycles. The van der Waals surface area contributed by atoms with Gasteiger partial charge in [0.1, 0.15) is 5.82 Å². The smallest absolute Gasteiger partial charge is 0.127 e. The predicted octanol–water partition coefficient (Wildman–Crippen LogP) is 2.61. The van der Waals surface area contributed by atoms with Crippen molar-refractivity contribution >= 4 is 15.9 Å². The molecular weight excluding hydrogens is 275 g/mol. The quantitative estimate of drug-likeness (QED) is 0.895. The number of hydrogen-bond donors (Lipinski definition) is 2. The summed E-state index contributed by atoms with van der Waals surface area (Å²) in [5, 5.41) is 18.7. The van der Waals surface area contributed by atoms with Crippen LogP contribution in [-0.4, -0.2) is 22.9 Å². The average Bonchev–Trinajstić information content (AvgIpc) is 2.22. The van der Waals surface area contributed by atoms with E-state index in [1.54, 1.807) is 26.0 Å². The number of hydrogen-bond acceptors (Lipinski definition) is 2. The lowest BCUT2D eigenvalue weighted by atomic mass is 9.78. The van der Waals surface area contributed by atoms with Gasteiger partial charge in [-0.05, 0) is 30.2 Å². The maximum absolute atomic E-state index is 13.7. The predicted molar refractivity (Wildman–Crippen MR) is 64.8 cm³/mol. The standard InChI is InChI=1S/C12H16BrFO2/c1-12(2,11(16)5-6-15)9-7-8(13)3-4-10(9)14/h3-4,7,11,15-16H,5-6H2,1-2H3. The molecule has 2 N–H and O–H groups in total. The molecule has 1 atom stereocenters. The molecule has 90 valence electrons. The van der Waals surface area contributed by atoms with Crippen molar-refractivity contribution in [2.24, 2.45) is 0 Å². The van der Waals surface area contributed by atoms with Crippen molar-refractivity contribution < 1.29 is 14.6 Å². The zero-order valence-electron chi connectivity index (χ0n) is 9.37. The molecule has 0 aliphatic rings. The second-order valence-corrected chi connectivity index (χ2v) is 5.29. The Morgan fingerprint density at radius 3 is 2.62 bits per heavy atom. The van der Waals surface area contributed by atoms with Crippen molar-refractivity contribution in [2.45, 2.75) is 31.8 Å². The molecule has 0 aliphatic carbocycles. The first-order valence-electron chi connectivity index (χ1n) is 5.14. The molecule has 0 saturated heterocycles. The van der Waals surface area contributed by atoms with Crippen LogP contribution in [0.2, 0.25) is 0 Å². The van der Waals surface area contributed by atoms with E-state index in [2.05, 4.69) is 15.9 Å². The monoisotopic (exact) mass is 290 g/mol. The van der Waals surface area contributed by atoms with E-state index < -0.39 is 11.5 Å². The summed E-state index contributed by atoms with van der Waals surface area (Å²) in [6.07, 6.45) is -0.542. The van der Waals surface area contributed by atoms with Crippen LogP contribution >= 0.6 is 15.9 Å². The van der Waals surface area contributed by atoms with Crippen molar-refractivity contribution in [1.82, 2.24) is 0 Å². The van der Waals surface area contributed by atoms with Crippen LogP contribution in [0.3, 0.4) is 0 Å². The molecule has 4 heteroatoms. The van der Waals surface area contributed by atoms with Crippen molar-refractivity contribution in [3.63, 3.8) is 0 Å². The molecule has 0 radical (unpaired) electrons. The van der Waals surface area contributed by atoms with E-state index in [1.165, 1.54) is 6.07 Å². The SMILES string of the molecule is CC(C)(c1cc(Br)ccc1F)C(O)CCO. The van der Waals surface area contributed by atoms with Gasteiger partial charge in [-0.2, -0.15) is 0 Å². The molecule has 1 aromatic rings. The Hall–Kier alpha value is -0.450. The first-order valence-corrected chi connectivity index (χ1v) is 5.93. The van der Waals surface area contributed by atoms with Crippen LogP contribution in [0.4, 0.5) is 4.39 Å². The van der Waals surface area contributed by atoms with Gasteiger partial charge in [0.25, 0.3) is 0 Å². The maximum atomic E-state index is 13.7. The maximum Gasteiger partial charge on any atom is 0.127 e. The van der Waals surface area contributed by atoms with Crippen LogP contribution < -0.4 is 0 Å². The van der Waals surface area contributed by atoms with Crippen molar-refractivity contribution in [3.8, 4) is 0 Å². The minimum Gasteiger partial charge on any atom is -0.396 e. The van der Waals surface area contributed by atoms with Gasteiger partial charge in [0.2, 0.25) is 0 Å². The van der Waals surface area contributed by atoms with Crippen molar-refractivity contribution in [1.29, 1.82) is 0 Å². The van der Waals surface area contributed by atoms with E-state index in [1.807, 2.05) is 0 Å². The van der Waals surface area contributed by atoms with Gasteiger partial charge >= 0.3 is 0 Å². The summed E-state index contributed by atoms with van der Waals surface area (Å²) in [5.41, 5.74) is -0.279. The van der Waals surface area contributed by atoms with E-state index in [4.69, 9.17) is 5.11 Å². The summed E-state index contributed by atoms with van der Waals surface area (Å²) in [6, 6.07) is 4.65. The highest BCUT2D eigenvalue weighted by molar-refractivity contribution is 9.10. The third-order valence-corrected chi connectivity index (χ3v) is 3.35. The number of aliphatic hydroxyl groups excluding tert-OH is 2. The van der Waals surface area contributed by atoms with Crippen LogP contribution in [0.5, 0.6) is 0 Å². The highest BCUT2D eigenvalue weighted by Gasteiger charge is 2.31. The molecule has 0 saturated carbocycles.